The van der Waals surface area contributed by atoms with Crippen LogP contribution < -0.4 is 0 Å². The van der Waals surface area contributed by atoms with Gasteiger partial charge in [-0.2, -0.15) is 0 Å². The van der Waals surface area contributed by atoms with Crippen LogP contribution in [0.3, 0.4) is 0 Å². The summed E-state index contributed by atoms with van der Waals surface area (Å²) in [5.41, 5.74) is 1.15. The summed E-state index contributed by atoms with van der Waals surface area (Å²) in [7, 11) is 0. The van der Waals surface area contributed by atoms with Crippen LogP contribution in [0.15, 0.2) is 24.4 Å². The molecule has 0 aromatic carbocycles. The number of nitrogens with zero attached hydrogens (tertiary/aromatic N) is 1. The predicted octanol–water partition coefficient (Wildman–Crippen LogP) is 2.44. The zero-order valence-electron chi connectivity index (χ0n) is 8.36. The summed E-state index contributed by atoms with van der Waals surface area (Å²) >= 11 is 0. The highest BCUT2D eigenvalue weighted by Crippen LogP contribution is 1.99. The number of pyridine rings is 1. The number of hydrogen-bond donors (Lipinski definition) is 0. The first-order chi connectivity index (χ1) is 6.29. The first-order valence-electron chi connectivity index (χ1n) is 4.80. The van der Waals surface area contributed by atoms with E-state index < -0.39 is 0 Å². The molecular formula is C11H17NO. The summed E-state index contributed by atoms with van der Waals surface area (Å²) in [6.07, 6.45) is 4.23. The van der Waals surface area contributed by atoms with Gasteiger partial charge in [0.15, 0.2) is 0 Å². The van der Waals surface area contributed by atoms with Crippen molar-refractivity contribution in [3.63, 3.8) is 0 Å². The summed E-state index contributed by atoms with van der Waals surface area (Å²) in [5, 5.41) is 0. The molecular weight excluding hydrogens is 162 g/mol. The van der Waals surface area contributed by atoms with Gasteiger partial charge < -0.3 is 4.74 Å². The molecule has 0 spiro atoms. The molecule has 2 nitrogen and oxygen atoms in total. The van der Waals surface area contributed by atoms with Crippen molar-refractivity contribution in [2.75, 3.05) is 6.61 Å². The van der Waals surface area contributed by atoms with E-state index >= 15 is 0 Å². The van der Waals surface area contributed by atoms with E-state index in [9.17, 15) is 0 Å². The fourth-order valence-corrected chi connectivity index (χ4v) is 1.12. The quantitative estimate of drug-likeness (QED) is 0.648. The van der Waals surface area contributed by atoms with E-state index in [1.807, 2.05) is 18.3 Å². The summed E-state index contributed by atoms with van der Waals surface area (Å²) in [4.78, 5) is 4.24. The van der Waals surface area contributed by atoms with E-state index in [1.54, 1.807) is 0 Å². The zero-order valence-corrected chi connectivity index (χ0v) is 8.36. The van der Waals surface area contributed by atoms with Crippen LogP contribution in [0.25, 0.3) is 0 Å². The van der Waals surface area contributed by atoms with Crippen molar-refractivity contribution in [2.45, 2.75) is 32.8 Å². The Morgan fingerprint density at radius 1 is 1.38 bits per heavy atom. The minimum atomic E-state index is 0.337. The van der Waals surface area contributed by atoms with Gasteiger partial charge in [0, 0.05) is 18.5 Å². The molecule has 1 aromatic rings. The van der Waals surface area contributed by atoms with Crippen LogP contribution in [0.5, 0.6) is 0 Å². The van der Waals surface area contributed by atoms with Crippen molar-refractivity contribution in [1.29, 1.82) is 0 Å². The molecule has 0 fully saturated rings. The SMILES string of the molecule is CC(C)OCCCc1ccccn1. The van der Waals surface area contributed by atoms with Gasteiger partial charge >= 0.3 is 0 Å². The molecule has 0 amide bonds. The molecule has 2 heteroatoms. The van der Waals surface area contributed by atoms with Gasteiger partial charge in [-0.05, 0) is 38.8 Å². The van der Waals surface area contributed by atoms with E-state index in [4.69, 9.17) is 4.74 Å². The van der Waals surface area contributed by atoms with E-state index in [1.165, 1.54) is 0 Å². The number of aryl methyl sites for hydroxylation is 1. The Hall–Kier alpha value is -0.890. The number of rotatable bonds is 5. The highest BCUT2D eigenvalue weighted by Gasteiger charge is 1.95. The van der Waals surface area contributed by atoms with Crippen molar-refractivity contribution >= 4 is 0 Å². The molecule has 0 bridgehead atoms. The Labute approximate surface area is 80.0 Å². The van der Waals surface area contributed by atoms with Crippen molar-refractivity contribution in [3.05, 3.63) is 30.1 Å². The monoisotopic (exact) mass is 179 g/mol. The van der Waals surface area contributed by atoms with Crippen LogP contribution in [0.4, 0.5) is 0 Å². The molecule has 0 atom stereocenters. The van der Waals surface area contributed by atoms with Crippen LogP contribution >= 0.6 is 0 Å². The first kappa shape index (κ1) is 10.2. The maximum atomic E-state index is 5.44. The first-order valence-corrected chi connectivity index (χ1v) is 4.80. The maximum absolute atomic E-state index is 5.44. The molecule has 0 aliphatic rings. The topological polar surface area (TPSA) is 22.1 Å². The van der Waals surface area contributed by atoms with Crippen molar-refractivity contribution in [1.82, 2.24) is 4.98 Å². The summed E-state index contributed by atoms with van der Waals surface area (Å²) in [5.74, 6) is 0. The molecule has 0 saturated heterocycles. The lowest BCUT2D eigenvalue weighted by Crippen LogP contribution is -2.04. The van der Waals surface area contributed by atoms with Crippen LogP contribution in [-0.4, -0.2) is 17.7 Å². The molecule has 1 heterocycles. The van der Waals surface area contributed by atoms with Crippen LogP contribution in [0.2, 0.25) is 0 Å². The number of hydrogen-bond acceptors (Lipinski definition) is 2. The van der Waals surface area contributed by atoms with Gasteiger partial charge in [0.05, 0.1) is 6.10 Å². The molecule has 0 N–H and O–H groups in total. The van der Waals surface area contributed by atoms with Gasteiger partial charge in [-0.3, -0.25) is 4.98 Å². The molecule has 13 heavy (non-hydrogen) atoms. The number of ether oxygens (including phenoxy) is 1. The van der Waals surface area contributed by atoms with Crippen LogP contribution in [-0.2, 0) is 11.2 Å². The molecule has 0 radical (unpaired) electrons. The average molecular weight is 179 g/mol. The largest absolute Gasteiger partial charge is 0.379 e. The smallest absolute Gasteiger partial charge is 0.0518 e. The molecule has 1 aromatic heterocycles. The Morgan fingerprint density at radius 2 is 2.23 bits per heavy atom. The Bertz CT molecular complexity index is 221. The van der Waals surface area contributed by atoms with Crippen molar-refractivity contribution in [2.24, 2.45) is 0 Å². The highest BCUT2D eigenvalue weighted by atomic mass is 16.5. The minimum absolute atomic E-state index is 0.337. The van der Waals surface area contributed by atoms with E-state index in [2.05, 4.69) is 24.9 Å². The normalized spacial score (nSPS) is 10.7. The summed E-state index contributed by atoms with van der Waals surface area (Å²) < 4.78 is 5.44. The lowest BCUT2D eigenvalue weighted by atomic mass is 10.2. The van der Waals surface area contributed by atoms with Crippen LogP contribution in [0, 0.1) is 0 Å². The van der Waals surface area contributed by atoms with Crippen LogP contribution in [0.1, 0.15) is 26.0 Å². The third-order valence-electron chi connectivity index (χ3n) is 1.75. The highest BCUT2D eigenvalue weighted by molar-refractivity contribution is 5.03. The predicted molar refractivity (Wildman–Crippen MR) is 53.6 cm³/mol. The molecule has 0 aliphatic carbocycles. The standard InChI is InChI=1S/C11H17NO/c1-10(2)13-9-5-7-11-6-3-4-8-12-11/h3-4,6,8,10H,5,7,9H2,1-2H3. The molecule has 72 valence electrons. The molecule has 0 unspecified atom stereocenters. The number of aromatic nitrogens is 1. The lowest BCUT2D eigenvalue weighted by Gasteiger charge is -2.06. The zero-order chi connectivity index (χ0) is 9.52. The minimum Gasteiger partial charge on any atom is -0.379 e. The molecule has 1 rings (SSSR count). The van der Waals surface area contributed by atoms with E-state index in [0.29, 0.717) is 6.10 Å². The van der Waals surface area contributed by atoms with Crippen molar-refractivity contribution in [3.8, 4) is 0 Å². The van der Waals surface area contributed by atoms with Gasteiger partial charge in [0.25, 0.3) is 0 Å². The Balaban J connectivity index is 2.13. The van der Waals surface area contributed by atoms with E-state index in [-0.39, 0.29) is 0 Å². The molecule has 0 aliphatic heterocycles. The second-order valence-electron chi connectivity index (χ2n) is 3.34. The van der Waals surface area contributed by atoms with Gasteiger partial charge in [0.1, 0.15) is 0 Å². The Morgan fingerprint density at radius 3 is 2.85 bits per heavy atom. The lowest BCUT2D eigenvalue weighted by molar-refractivity contribution is 0.0770. The average Bonchev–Trinajstić information content (AvgIpc) is 2.14. The second-order valence-corrected chi connectivity index (χ2v) is 3.34. The fraction of sp³-hybridized carbons (Fsp3) is 0.545. The van der Waals surface area contributed by atoms with Gasteiger partial charge in [-0.1, -0.05) is 6.07 Å². The maximum Gasteiger partial charge on any atom is 0.0518 e. The molecule has 0 saturated carbocycles. The van der Waals surface area contributed by atoms with E-state index in [0.717, 1.165) is 25.1 Å². The van der Waals surface area contributed by atoms with Gasteiger partial charge in [-0.15, -0.1) is 0 Å². The second kappa shape index (κ2) is 5.70. The summed E-state index contributed by atoms with van der Waals surface area (Å²) in [6, 6.07) is 6.01. The third-order valence-corrected chi connectivity index (χ3v) is 1.75. The Kier molecular flexibility index (Phi) is 4.47. The van der Waals surface area contributed by atoms with Gasteiger partial charge in [-0.25, -0.2) is 0 Å². The fourth-order valence-electron chi connectivity index (χ4n) is 1.12. The van der Waals surface area contributed by atoms with Gasteiger partial charge in [0.2, 0.25) is 0 Å². The summed E-state index contributed by atoms with van der Waals surface area (Å²) in [6.45, 7) is 4.94. The third kappa shape index (κ3) is 4.63. The van der Waals surface area contributed by atoms with Crippen molar-refractivity contribution < 1.29 is 4.74 Å².